The lowest BCUT2D eigenvalue weighted by molar-refractivity contribution is -0.138. The van der Waals surface area contributed by atoms with E-state index in [1.165, 1.54) is 0 Å². The first-order chi connectivity index (χ1) is 13.1. The maximum Gasteiger partial charge on any atom is 0.263 e. The molecule has 3 rings (SSSR count). The fourth-order valence-corrected chi connectivity index (χ4v) is 3.27. The van der Waals surface area contributed by atoms with Crippen LogP contribution < -0.4 is 19.1 Å². The molecule has 27 heavy (non-hydrogen) atoms. The molecule has 2 aromatic carbocycles. The van der Waals surface area contributed by atoms with E-state index in [1.807, 2.05) is 53.4 Å². The number of hydrogen-bond acceptors (Lipinski definition) is 5. The highest BCUT2D eigenvalue weighted by atomic mass is 16.5. The maximum absolute atomic E-state index is 12.8. The Morgan fingerprint density at radius 1 is 0.852 bits per heavy atom. The monoisotopic (exact) mass is 370 g/mol. The minimum Gasteiger partial charge on any atom is -0.495 e. The second kappa shape index (κ2) is 8.66. The Bertz CT molecular complexity index is 772. The van der Waals surface area contributed by atoms with E-state index in [0.717, 1.165) is 24.5 Å². The van der Waals surface area contributed by atoms with Crippen LogP contribution in [-0.2, 0) is 4.79 Å². The minimum absolute atomic E-state index is 0.0133. The summed E-state index contributed by atoms with van der Waals surface area (Å²) in [6, 6.07) is 15.3. The molecule has 2 aromatic rings. The standard InChI is InChI=1S/C21H26N2O4/c1-16(27-20-11-7-6-10-19(20)26-3)21(24)23-14-12-22(13-15-23)17-8-4-5-9-18(17)25-2/h4-11,16H,12-15H2,1-3H3/t16-/m0/s1. The van der Waals surface area contributed by atoms with E-state index in [4.69, 9.17) is 14.2 Å². The summed E-state index contributed by atoms with van der Waals surface area (Å²) in [5.41, 5.74) is 1.06. The summed E-state index contributed by atoms with van der Waals surface area (Å²) in [5, 5.41) is 0. The zero-order valence-electron chi connectivity index (χ0n) is 16.1. The van der Waals surface area contributed by atoms with Crippen LogP contribution in [0.25, 0.3) is 0 Å². The van der Waals surface area contributed by atoms with Crippen molar-refractivity contribution in [2.75, 3.05) is 45.3 Å². The van der Waals surface area contributed by atoms with E-state index in [-0.39, 0.29) is 5.91 Å². The van der Waals surface area contributed by atoms with Gasteiger partial charge in [-0.25, -0.2) is 0 Å². The lowest BCUT2D eigenvalue weighted by atomic mass is 10.2. The number of carbonyl (C=O) groups is 1. The molecule has 0 N–H and O–H groups in total. The molecule has 0 unspecified atom stereocenters. The van der Waals surface area contributed by atoms with Crippen LogP contribution in [0.3, 0.4) is 0 Å². The number of anilines is 1. The first kappa shape index (κ1) is 18.9. The van der Waals surface area contributed by atoms with E-state index in [0.29, 0.717) is 24.6 Å². The summed E-state index contributed by atoms with van der Waals surface area (Å²) in [4.78, 5) is 16.9. The quantitative estimate of drug-likeness (QED) is 0.783. The summed E-state index contributed by atoms with van der Waals surface area (Å²) in [6.07, 6.45) is -0.570. The second-order valence-electron chi connectivity index (χ2n) is 6.40. The number of methoxy groups -OCH3 is 2. The van der Waals surface area contributed by atoms with Crippen molar-refractivity contribution in [3.8, 4) is 17.2 Å². The molecule has 1 fully saturated rings. The zero-order chi connectivity index (χ0) is 19.2. The summed E-state index contributed by atoms with van der Waals surface area (Å²) >= 11 is 0. The lowest BCUT2D eigenvalue weighted by Gasteiger charge is -2.37. The largest absolute Gasteiger partial charge is 0.495 e. The molecule has 1 saturated heterocycles. The highest BCUT2D eigenvalue weighted by molar-refractivity contribution is 5.81. The van der Waals surface area contributed by atoms with Crippen molar-refractivity contribution in [3.63, 3.8) is 0 Å². The Balaban J connectivity index is 1.59. The number of para-hydroxylation sites is 4. The second-order valence-corrected chi connectivity index (χ2v) is 6.40. The SMILES string of the molecule is COc1ccccc1O[C@@H](C)C(=O)N1CCN(c2ccccc2OC)CC1. The van der Waals surface area contributed by atoms with E-state index in [9.17, 15) is 4.79 Å². The van der Waals surface area contributed by atoms with E-state index in [2.05, 4.69) is 4.90 Å². The van der Waals surface area contributed by atoms with Gasteiger partial charge >= 0.3 is 0 Å². The molecule has 0 radical (unpaired) electrons. The number of hydrogen-bond donors (Lipinski definition) is 0. The fraction of sp³-hybridized carbons (Fsp3) is 0.381. The van der Waals surface area contributed by atoms with Crippen LogP contribution in [0, 0.1) is 0 Å². The lowest BCUT2D eigenvalue weighted by Crippen LogP contribution is -2.52. The van der Waals surface area contributed by atoms with Crippen molar-refractivity contribution in [1.29, 1.82) is 0 Å². The predicted octanol–water partition coefficient (Wildman–Crippen LogP) is 2.82. The number of nitrogens with zero attached hydrogens (tertiary/aromatic N) is 2. The van der Waals surface area contributed by atoms with E-state index in [1.54, 1.807) is 21.1 Å². The van der Waals surface area contributed by atoms with Crippen LogP contribution >= 0.6 is 0 Å². The highest BCUT2D eigenvalue weighted by Crippen LogP contribution is 2.29. The normalized spacial score (nSPS) is 15.2. The van der Waals surface area contributed by atoms with E-state index < -0.39 is 6.10 Å². The first-order valence-electron chi connectivity index (χ1n) is 9.10. The maximum atomic E-state index is 12.8. The van der Waals surface area contributed by atoms with Crippen molar-refractivity contribution in [1.82, 2.24) is 4.90 Å². The highest BCUT2D eigenvalue weighted by Gasteiger charge is 2.27. The summed E-state index contributed by atoms with van der Waals surface area (Å²) in [5.74, 6) is 2.04. The summed E-state index contributed by atoms with van der Waals surface area (Å²) < 4.78 is 16.6. The van der Waals surface area contributed by atoms with Gasteiger partial charge in [-0.15, -0.1) is 0 Å². The molecule has 0 aliphatic carbocycles. The van der Waals surface area contributed by atoms with Gasteiger partial charge in [-0.3, -0.25) is 4.79 Å². The number of rotatable bonds is 6. The third-order valence-electron chi connectivity index (χ3n) is 4.74. The average molecular weight is 370 g/mol. The van der Waals surface area contributed by atoms with Gasteiger partial charge in [0.1, 0.15) is 5.75 Å². The molecule has 1 amide bonds. The number of benzene rings is 2. The Labute approximate surface area is 160 Å². The third kappa shape index (κ3) is 4.27. The van der Waals surface area contributed by atoms with Gasteiger partial charge in [0.2, 0.25) is 0 Å². The van der Waals surface area contributed by atoms with E-state index >= 15 is 0 Å². The molecular weight excluding hydrogens is 344 g/mol. The smallest absolute Gasteiger partial charge is 0.263 e. The number of ether oxygens (including phenoxy) is 3. The molecule has 1 aliphatic rings. The Hall–Kier alpha value is -2.89. The van der Waals surface area contributed by atoms with Crippen molar-refractivity contribution in [2.45, 2.75) is 13.0 Å². The number of amides is 1. The first-order valence-corrected chi connectivity index (χ1v) is 9.10. The molecule has 144 valence electrons. The molecule has 6 nitrogen and oxygen atoms in total. The molecule has 1 aliphatic heterocycles. The van der Waals surface area contributed by atoms with Gasteiger partial charge in [-0.1, -0.05) is 24.3 Å². The van der Waals surface area contributed by atoms with Crippen LogP contribution in [0.15, 0.2) is 48.5 Å². The summed E-state index contributed by atoms with van der Waals surface area (Å²) in [6.45, 7) is 4.59. The molecule has 6 heteroatoms. The zero-order valence-corrected chi connectivity index (χ0v) is 16.1. The van der Waals surface area contributed by atoms with Gasteiger partial charge in [-0.05, 0) is 31.2 Å². The molecule has 1 heterocycles. The van der Waals surface area contributed by atoms with Crippen LogP contribution in [0.5, 0.6) is 17.2 Å². The third-order valence-corrected chi connectivity index (χ3v) is 4.74. The molecule has 0 saturated carbocycles. The van der Waals surface area contributed by atoms with Gasteiger partial charge < -0.3 is 24.0 Å². The topological polar surface area (TPSA) is 51.2 Å². The predicted molar refractivity (Wildman–Crippen MR) is 105 cm³/mol. The van der Waals surface area contributed by atoms with Crippen LogP contribution in [0.2, 0.25) is 0 Å². The fourth-order valence-electron chi connectivity index (χ4n) is 3.27. The number of carbonyl (C=O) groups excluding carboxylic acids is 1. The minimum atomic E-state index is -0.570. The Kier molecular flexibility index (Phi) is 6.06. The van der Waals surface area contributed by atoms with Gasteiger partial charge in [0, 0.05) is 26.2 Å². The molecule has 0 spiro atoms. The van der Waals surface area contributed by atoms with Crippen LogP contribution in [-0.4, -0.2) is 57.3 Å². The van der Waals surface area contributed by atoms with Crippen molar-refractivity contribution < 1.29 is 19.0 Å². The molecule has 0 bridgehead atoms. The Morgan fingerprint density at radius 3 is 2.04 bits per heavy atom. The van der Waals surface area contributed by atoms with Crippen LogP contribution in [0.1, 0.15) is 6.92 Å². The van der Waals surface area contributed by atoms with Gasteiger partial charge in [0.25, 0.3) is 5.91 Å². The van der Waals surface area contributed by atoms with Crippen molar-refractivity contribution in [2.24, 2.45) is 0 Å². The molecule has 0 aromatic heterocycles. The van der Waals surface area contributed by atoms with Gasteiger partial charge in [0.05, 0.1) is 19.9 Å². The summed E-state index contributed by atoms with van der Waals surface area (Å²) in [7, 11) is 3.27. The average Bonchev–Trinajstić information content (AvgIpc) is 2.73. The van der Waals surface area contributed by atoms with Gasteiger partial charge in [-0.2, -0.15) is 0 Å². The van der Waals surface area contributed by atoms with Crippen LogP contribution in [0.4, 0.5) is 5.69 Å². The van der Waals surface area contributed by atoms with Crippen molar-refractivity contribution >= 4 is 11.6 Å². The molecular formula is C21H26N2O4. The van der Waals surface area contributed by atoms with Crippen molar-refractivity contribution in [3.05, 3.63) is 48.5 Å². The number of piperazine rings is 1. The van der Waals surface area contributed by atoms with Gasteiger partial charge in [0.15, 0.2) is 17.6 Å². The molecule has 1 atom stereocenters. The Morgan fingerprint density at radius 2 is 1.41 bits per heavy atom.